The third-order valence-corrected chi connectivity index (χ3v) is 3.99. The number of anilines is 2. The predicted octanol–water partition coefficient (Wildman–Crippen LogP) is 2.77. The first-order chi connectivity index (χ1) is 10.7. The summed E-state index contributed by atoms with van der Waals surface area (Å²) in [5, 5.41) is 14.5. The van der Waals surface area contributed by atoms with Crippen molar-refractivity contribution < 1.29 is 23.5 Å². The second kappa shape index (κ2) is 6.23. The van der Waals surface area contributed by atoms with Crippen LogP contribution in [0.3, 0.4) is 0 Å². The van der Waals surface area contributed by atoms with Gasteiger partial charge in [-0.1, -0.05) is 13.8 Å². The number of carbonyl (C=O) groups is 2. The number of amides is 2. The Balaban J connectivity index is 2.00. The molecule has 23 heavy (non-hydrogen) atoms. The number of nitrogens with one attached hydrogen (secondary N) is 2. The van der Waals surface area contributed by atoms with E-state index in [-0.39, 0.29) is 30.4 Å². The van der Waals surface area contributed by atoms with Crippen molar-refractivity contribution in [1.29, 1.82) is 0 Å². The number of hydrogen-bond donors (Lipinski definition) is 3. The van der Waals surface area contributed by atoms with Gasteiger partial charge in [-0.05, 0) is 43.5 Å². The van der Waals surface area contributed by atoms with Crippen molar-refractivity contribution in [3.8, 4) is 0 Å². The van der Waals surface area contributed by atoms with Gasteiger partial charge < -0.3 is 15.7 Å². The number of hydrogen-bond acceptors (Lipinski definition) is 3. The Morgan fingerprint density at radius 1 is 1.13 bits per heavy atom. The molecule has 2 rings (SSSR count). The second-order valence-corrected chi connectivity index (χ2v) is 6.13. The molecule has 0 atom stereocenters. The summed E-state index contributed by atoms with van der Waals surface area (Å²) in [6.07, 6.45) is 0.296. The van der Waals surface area contributed by atoms with Gasteiger partial charge in [-0.3, -0.25) is 9.59 Å². The first-order valence-corrected chi connectivity index (χ1v) is 7.48. The van der Waals surface area contributed by atoms with Gasteiger partial charge in [0.2, 0.25) is 5.91 Å². The van der Waals surface area contributed by atoms with Crippen molar-refractivity contribution in [2.24, 2.45) is 5.92 Å². The smallest absolute Gasteiger partial charge is 0.352 e. The zero-order chi connectivity index (χ0) is 17.3. The monoisotopic (exact) mass is 326 g/mol. The molecule has 0 unspecified atom stereocenters. The molecule has 1 aromatic carbocycles. The molecule has 0 radical (unpaired) electrons. The summed E-state index contributed by atoms with van der Waals surface area (Å²) in [4.78, 5) is 23.3. The van der Waals surface area contributed by atoms with Gasteiger partial charge in [0.15, 0.2) is 0 Å². The Kier molecular flexibility index (Phi) is 4.70. The van der Waals surface area contributed by atoms with Crippen LogP contribution < -0.4 is 10.6 Å². The third-order valence-electron chi connectivity index (χ3n) is 3.99. The Morgan fingerprint density at radius 3 is 2.00 bits per heavy atom. The van der Waals surface area contributed by atoms with Gasteiger partial charge >= 0.3 is 5.92 Å². The number of aliphatic hydroxyl groups is 1. The lowest BCUT2D eigenvalue weighted by atomic mass is 9.75. The van der Waals surface area contributed by atoms with E-state index < -0.39 is 17.4 Å². The fourth-order valence-electron chi connectivity index (χ4n) is 2.17. The van der Waals surface area contributed by atoms with Crippen LogP contribution >= 0.6 is 0 Å². The highest BCUT2D eigenvalue weighted by atomic mass is 19.3. The van der Waals surface area contributed by atoms with Gasteiger partial charge in [0, 0.05) is 17.3 Å². The fourth-order valence-corrected chi connectivity index (χ4v) is 2.17. The number of benzene rings is 1. The standard InChI is InChI=1S/C16H20F2N2O3/c1-10(2)13(21)19-11-4-6-12(7-5-11)20-14(22)16(17,18)15(23)8-3-9-15/h4-7,10,23H,3,8-9H2,1-2H3,(H,19,21)(H,20,22). The molecule has 1 aliphatic rings. The summed E-state index contributed by atoms with van der Waals surface area (Å²) in [6, 6.07) is 5.83. The average molecular weight is 326 g/mol. The van der Waals surface area contributed by atoms with Crippen molar-refractivity contribution in [3.63, 3.8) is 0 Å². The molecule has 5 nitrogen and oxygen atoms in total. The molecule has 1 aromatic rings. The molecular formula is C16H20F2N2O3. The van der Waals surface area contributed by atoms with E-state index in [9.17, 15) is 23.5 Å². The van der Waals surface area contributed by atoms with Crippen molar-refractivity contribution in [2.75, 3.05) is 10.6 Å². The van der Waals surface area contributed by atoms with Crippen LogP contribution in [0.2, 0.25) is 0 Å². The lowest BCUT2D eigenvalue weighted by molar-refractivity contribution is -0.212. The largest absolute Gasteiger partial charge is 0.383 e. The van der Waals surface area contributed by atoms with E-state index in [2.05, 4.69) is 10.6 Å². The number of halogens is 2. The van der Waals surface area contributed by atoms with E-state index in [0.29, 0.717) is 12.1 Å². The molecule has 1 fully saturated rings. The minimum Gasteiger partial charge on any atom is -0.383 e. The predicted molar refractivity (Wildman–Crippen MR) is 82.3 cm³/mol. The maximum atomic E-state index is 14.0. The minimum atomic E-state index is -3.84. The average Bonchev–Trinajstić information content (AvgIpc) is 2.46. The highest BCUT2D eigenvalue weighted by molar-refractivity contribution is 5.97. The highest BCUT2D eigenvalue weighted by Crippen LogP contribution is 2.44. The molecule has 0 aromatic heterocycles. The van der Waals surface area contributed by atoms with Crippen LogP contribution in [-0.4, -0.2) is 28.4 Å². The summed E-state index contributed by atoms with van der Waals surface area (Å²) < 4.78 is 27.9. The van der Waals surface area contributed by atoms with Crippen LogP contribution in [0.4, 0.5) is 20.2 Å². The minimum absolute atomic E-state index is 0.0897. The van der Waals surface area contributed by atoms with Crippen molar-refractivity contribution in [2.45, 2.75) is 44.6 Å². The van der Waals surface area contributed by atoms with Gasteiger partial charge in [0.1, 0.15) is 5.60 Å². The summed E-state index contributed by atoms with van der Waals surface area (Å²) in [5.74, 6) is -5.72. The summed E-state index contributed by atoms with van der Waals surface area (Å²) in [5.41, 5.74) is -1.58. The topological polar surface area (TPSA) is 78.4 Å². The zero-order valence-corrected chi connectivity index (χ0v) is 13.0. The normalized spacial score (nSPS) is 16.6. The van der Waals surface area contributed by atoms with Gasteiger partial charge in [-0.25, -0.2) is 0 Å². The Bertz CT molecular complexity index is 596. The van der Waals surface area contributed by atoms with E-state index in [1.165, 1.54) is 24.3 Å². The van der Waals surface area contributed by atoms with E-state index in [1.807, 2.05) is 0 Å². The molecule has 126 valence electrons. The SMILES string of the molecule is CC(C)C(=O)Nc1ccc(NC(=O)C(F)(F)C2(O)CCC2)cc1. The van der Waals surface area contributed by atoms with Crippen LogP contribution in [-0.2, 0) is 9.59 Å². The first kappa shape index (κ1) is 17.3. The molecule has 7 heteroatoms. The summed E-state index contributed by atoms with van der Waals surface area (Å²) in [6.45, 7) is 3.49. The quantitative estimate of drug-likeness (QED) is 0.778. The molecule has 0 spiro atoms. The Morgan fingerprint density at radius 2 is 1.61 bits per heavy atom. The molecule has 3 N–H and O–H groups in total. The molecule has 1 saturated carbocycles. The Labute approximate surface area is 133 Å². The second-order valence-electron chi connectivity index (χ2n) is 6.13. The summed E-state index contributed by atoms with van der Waals surface area (Å²) >= 11 is 0. The van der Waals surface area contributed by atoms with Crippen LogP contribution in [0.1, 0.15) is 33.1 Å². The summed E-state index contributed by atoms with van der Waals surface area (Å²) in [7, 11) is 0. The zero-order valence-electron chi connectivity index (χ0n) is 13.0. The maximum Gasteiger partial charge on any atom is 0.352 e. The van der Waals surface area contributed by atoms with Gasteiger partial charge in [0.05, 0.1) is 0 Å². The molecule has 0 heterocycles. The highest BCUT2D eigenvalue weighted by Gasteiger charge is 2.61. The number of alkyl halides is 2. The molecule has 2 amide bonds. The van der Waals surface area contributed by atoms with E-state index >= 15 is 0 Å². The lowest BCUT2D eigenvalue weighted by Crippen LogP contribution is -2.59. The van der Waals surface area contributed by atoms with Crippen LogP contribution in [0.15, 0.2) is 24.3 Å². The van der Waals surface area contributed by atoms with Gasteiger partial charge in [-0.15, -0.1) is 0 Å². The van der Waals surface area contributed by atoms with Crippen LogP contribution in [0.5, 0.6) is 0 Å². The van der Waals surface area contributed by atoms with Crippen LogP contribution in [0, 0.1) is 5.92 Å². The van der Waals surface area contributed by atoms with Crippen molar-refractivity contribution >= 4 is 23.2 Å². The molecular weight excluding hydrogens is 306 g/mol. The first-order valence-electron chi connectivity index (χ1n) is 7.48. The van der Waals surface area contributed by atoms with Gasteiger partial charge in [-0.2, -0.15) is 8.78 Å². The number of carbonyl (C=O) groups excluding carboxylic acids is 2. The van der Waals surface area contributed by atoms with Gasteiger partial charge in [0.25, 0.3) is 5.91 Å². The molecule has 0 bridgehead atoms. The fraction of sp³-hybridized carbons (Fsp3) is 0.500. The number of rotatable bonds is 5. The van der Waals surface area contributed by atoms with E-state index in [4.69, 9.17) is 0 Å². The van der Waals surface area contributed by atoms with Crippen LogP contribution in [0.25, 0.3) is 0 Å². The third kappa shape index (κ3) is 3.50. The Hall–Kier alpha value is -2.02. The van der Waals surface area contributed by atoms with E-state index in [1.54, 1.807) is 13.8 Å². The molecule has 0 saturated heterocycles. The molecule has 0 aliphatic heterocycles. The maximum absolute atomic E-state index is 14.0. The lowest BCUT2D eigenvalue weighted by Gasteiger charge is -2.41. The van der Waals surface area contributed by atoms with E-state index in [0.717, 1.165) is 0 Å². The molecule has 1 aliphatic carbocycles. The van der Waals surface area contributed by atoms with Crippen molar-refractivity contribution in [1.82, 2.24) is 0 Å². The van der Waals surface area contributed by atoms with Crippen molar-refractivity contribution in [3.05, 3.63) is 24.3 Å².